The van der Waals surface area contributed by atoms with E-state index in [1.54, 1.807) is 0 Å². The Labute approximate surface area is 174 Å². The molecule has 0 aliphatic carbocycles. The van der Waals surface area contributed by atoms with Crippen LogP contribution in [0.2, 0.25) is 0 Å². The fraction of sp³-hybridized carbons (Fsp3) is 0. The molecule has 30 heavy (non-hydrogen) atoms. The van der Waals surface area contributed by atoms with Gasteiger partial charge in [-0.1, -0.05) is 97.1 Å². The summed E-state index contributed by atoms with van der Waals surface area (Å²) in [7, 11) is 0. The van der Waals surface area contributed by atoms with Crippen LogP contribution in [0.3, 0.4) is 0 Å². The maximum atomic E-state index is 2.38. The molecule has 7 aromatic carbocycles. The van der Waals surface area contributed by atoms with Gasteiger partial charge in [0.05, 0.1) is 0 Å². The first-order valence-electron chi connectivity index (χ1n) is 10.5. The predicted molar refractivity (Wildman–Crippen MR) is 131 cm³/mol. The van der Waals surface area contributed by atoms with Crippen molar-refractivity contribution in [2.75, 3.05) is 0 Å². The standard InChI is InChI=1S/C30H18/c1-2-9-21-18-28-22(17-20(21)8-1)14-16-27-25-12-6-5-11-24(25)26-15-13-19-7-3-4-10-23(19)29(26)30(27)28/h1-18H. The van der Waals surface area contributed by atoms with Crippen molar-refractivity contribution >= 4 is 64.6 Å². The summed E-state index contributed by atoms with van der Waals surface area (Å²) in [6, 6.07) is 40.1. The third kappa shape index (κ3) is 2.06. The lowest BCUT2D eigenvalue weighted by Crippen LogP contribution is -1.87. The van der Waals surface area contributed by atoms with Gasteiger partial charge in [0.15, 0.2) is 0 Å². The lowest BCUT2D eigenvalue weighted by atomic mass is 9.88. The highest BCUT2D eigenvalue weighted by Crippen LogP contribution is 2.42. The van der Waals surface area contributed by atoms with Gasteiger partial charge >= 0.3 is 0 Å². The maximum Gasteiger partial charge on any atom is -0.00139 e. The molecule has 0 bridgehead atoms. The van der Waals surface area contributed by atoms with Crippen molar-refractivity contribution in [3.05, 3.63) is 109 Å². The Balaban J connectivity index is 1.88. The molecule has 0 nitrogen and oxygen atoms in total. The van der Waals surface area contributed by atoms with Gasteiger partial charge in [-0.15, -0.1) is 0 Å². The predicted octanol–water partition coefficient (Wildman–Crippen LogP) is 8.61. The molecule has 0 saturated heterocycles. The van der Waals surface area contributed by atoms with Gasteiger partial charge in [-0.2, -0.15) is 0 Å². The minimum Gasteiger partial charge on any atom is -0.0616 e. The van der Waals surface area contributed by atoms with E-state index < -0.39 is 0 Å². The van der Waals surface area contributed by atoms with Crippen LogP contribution in [-0.4, -0.2) is 0 Å². The molecule has 0 radical (unpaired) electrons. The Kier molecular flexibility index (Phi) is 3.09. The Hall–Kier alpha value is -3.90. The number of hydrogen-bond donors (Lipinski definition) is 0. The van der Waals surface area contributed by atoms with Crippen molar-refractivity contribution in [2.45, 2.75) is 0 Å². The molecule has 0 aromatic heterocycles. The molecule has 0 unspecified atom stereocenters. The van der Waals surface area contributed by atoms with Gasteiger partial charge in [-0.3, -0.25) is 0 Å². The van der Waals surface area contributed by atoms with Crippen molar-refractivity contribution in [1.82, 2.24) is 0 Å². The van der Waals surface area contributed by atoms with Crippen LogP contribution >= 0.6 is 0 Å². The average Bonchev–Trinajstić information content (AvgIpc) is 2.82. The normalized spacial score (nSPS) is 12.0. The first-order chi connectivity index (χ1) is 14.9. The van der Waals surface area contributed by atoms with Gasteiger partial charge < -0.3 is 0 Å². The number of fused-ring (bicyclic) bond motifs is 11. The highest BCUT2D eigenvalue weighted by molar-refractivity contribution is 6.36. The second kappa shape index (κ2) is 5.81. The van der Waals surface area contributed by atoms with E-state index in [0.29, 0.717) is 0 Å². The number of rotatable bonds is 0. The van der Waals surface area contributed by atoms with Gasteiger partial charge in [-0.05, 0) is 76.8 Å². The zero-order valence-corrected chi connectivity index (χ0v) is 16.4. The highest BCUT2D eigenvalue weighted by Gasteiger charge is 2.14. The summed E-state index contributed by atoms with van der Waals surface area (Å²) in [5, 5.41) is 15.9. The van der Waals surface area contributed by atoms with Crippen molar-refractivity contribution in [1.29, 1.82) is 0 Å². The molecule has 0 spiro atoms. The topological polar surface area (TPSA) is 0 Å². The van der Waals surface area contributed by atoms with Crippen LogP contribution in [0.4, 0.5) is 0 Å². The van der Waals surface area contributed by atoms with E-state index in [1.165, 1.54) is 64.6 Å². The van der Waals surface area contributed by atoms with Gasteiger partial charge in [0, 0.05) is 0 Å². The fourth-order valence-electron chi connectivity index (χ4n) is 5.23. The smallest absolute Gasteiger partial charge is 0.00139 e. The van der Waals surface area contributed by atoms with Crippen LogP contribution < -0.4 is 0 Å². The third-order valence-corrected chi connectivity index (χ3v) is 6.57. The van der Waals surface area contributed by atoms with Crippen LogP contribution in [0.5, 0.6) is 0 Å². The first kappa shape index (κ1) is 16.0. The van der Waals surface area contributed by atoms with Crippen molar-refractivity contribution in [2.24, 2.45) is 0 Å². The Morgan fingerprint density at radius 3 is 1.47 bits per heavy atom. The van der Waals surface area contributed by atoms with Crippen molar-refractivity contribution in [3.8, 4) is 0 Å². The number of hydrogen-bond acceptors (Lipinski definition) is 0. The summed E-state index contributed by atoms with van der Waals surface area (Å²) < 4.78 is 0. The van der Waals surface area contributed by atoms with E-state index in [9.17, 15) is 0 Å². The molecule has 0 amide bonds. The van der Waals surface area contributed by atoms with Crippen LogP contribution in [0.1, 0.15) is 0 Å². The van der Waals surface area contributed by atoms with Crippen LogP contribution in [0, 0.1) is 0 Å². The largest absolute Gasteiger partial charge is 0.0616 e. The molecule has 138 valence electrons. The van der Waals surface area contributed by atoms with Gasteiger partial charge in [0.1, 0.15) is 0 Å². The monoisotopic (exact) mass is 378 g/mol. The van der Waals surface area contributed by atoms with E-state index in [2.05, 4.69) is 109 Å². The zero-order valence-electron chi connectivity index (χ0n) is 16.4. The summed E-state index contributed by atoms with van der Waals surface area (Å²) in [5.41, 5.74) is 0. The minimum absolute atomic E-state index is 1.29. The molecular weight excluding hydrogens is 360 g/mol. The van der Waals surface area contributed by atoms with Gasteiger partial charge in [0.25, 0.3) is 0 Å². The van der Waals surface area contributed by atoms with Crippen molar-refractivity contribution < 1.29 is 0 Å². The van der Waals surface area contributed by atoms with Crippen LogP contribution in [-0.2, 0) is 0 Å². The first-order valence-corrected chi connectivity index (χ1v) is 10.5. The molecule has 7 aromatic rings. The molecule has 0 N–H and O–H groups in total. The highest BCUT2D eigenvalue weighted by atomic mass is 14.2. The summed E-state index contributed by atoms with van der Waals surface area (Å²) in [6.07, 6.45) is 0. The summed E-state index contributed by atoms with van der Waals surface area (Å²) in [5.74, 6) is 0. The van der Waals surface area contributed by atoms with Crippen molar-refractivity contribution in [3.63, 3.8) is 0 Å². The van der Waals surface area contributed by atoms with Gasteiger partial charge in [-0.25, -0.2) is 0 Å². The molecule has 0 saturated carbocycles. The quantitative estimate of drug-likeness (QED) is 0.183. The van der Waals surface area contributed by atoms with E-state index >= 15 is 0 Å². The lowest BCUT2D eigenvalue weighted by molar-refractivity contribution is 1.78. The summed E-state index contributed by atoms with van der Waals surface area (Å²) in [6.45, 7) is 0. The van der Waals surface area contributed by atoms with E-state index in [4.69, 9.17) is 0 Å². The lowest BCUT2D eigenvalue weighted by Gasteiger charge is -2.15. The Morgan fingerprint density at radius 2 is 0.767 bits per heavy atom. The van der Waals surface area contributed by atoms with Gasteiger partial charge in [0.2, 0.25) is 0 Å². The minimum atomic E-state index is 1.29. The summed E-state index contributed by atoms with van der Waals surface area (Å²) >= 11 is 0. The van der Waals surface area contributed by atoms with E-state index in [0.717, 1.165) is 0 Å². The van der Waals surface area contributed by atoms with E-state index in [-0.39, 0.29) is 0 Å². The van der Waals surface area contributed by atoms with Crippen LogP contribution in [0.15, 0.2) is 109 Å². The molecular formula is C30H18. The fourth-order valence-corrected chi connectivity index (χ4v) is 5.23. The molecule has 0 heterocycles. The molecule has 0 fully saturated rings. The summed E-state index contributed by atoms with van der Waals surface area (Å²) in [4.78, 5) is 0. The number of benzene rings is 7. The second-order valence-electron chi connectivity index (χ2n) is 8.16. The van der Waals surface area contributed by atoms with Crippen LogP contribution in [0.25, 0.3) is 64.6 Å². The van der Waals surface area contributed by atoms with E-state index in [1.807, 2.05) is 0 Å². The molecule has 7 rings (SSSR count). The molecule has 0 atom stereocenters. The molecule has 0 heteroatoms. The molecule has 0 aliphatic rings. The Bertz CT molecular complexity index is 1790. The SMILES string of the molecule is c1ccc2cc3c(ccc4c5ccccc5c5ccc6ccccc6c5c34)cc2c1. The maximum absolute atomic E-state index is 2.38. The average molecular weight is 378 g/mol. The second-order valence-corrected chi connectivity index (χ2v) is 8.16. The third-order valence-electron chi connectivity index (χ3n) is 6.57. The zero-order chi connectivity index (χ0) is 19.7. The molecule has 0 aliphatic heterocycles. The Morgan fingerprint density at radius 1 is 0.267 bits per heavy atom.